The van der Waals surface area contributed by atoms with Crippen LogP contribution in [0.3, 0.4) is 0 Å². The van der Waals surface area contributed by atoms with E-state index < -0.39 is 0 Å². The van der Waals surface area contributed by atoms with Crippen LogP contribution in [-0.4, -0.2) is 6.04 Å². The van der Waals surface area contributed by atoms with Crippen LogP contribution in [0.2, 0.25) is 5.02 Å². The molecule has 1 aromatic carbocycles. The minimum atomic E-state index is -0.284. The van der Waals surface area contributed by atoms with Crippen molar-refractivity contribution in [3.63, 3.8) is 0 Å². The molecule has 1 unspecified atom stereocenters. The number of rotatable bonds is 7. The van der Waals surface area contributed by atoms with Crippen molar-refractivity contribution in [2.75, 3.05) is 0 Å². The smallest absolute Gasteiger partial charge is 0.124 e. The van der Waals surface area contributed by atoms with Crippen molar-refractivity contribution in [3.05, 3.63) is 34.6 Å². The van der Waals surface area contributed by atoms with E-state index in [-0.39, 0.29) is 5.82 Å². The van der Waals surface area contributed by atoms with E-state index in [1.807, 2.05) is 0 Å². The fourth-order valence-electron chi connectivity index (χ4n) is 1.88. The Hall–Kier alpha value is -0.600. The highest BCUT2D eigenvalue weighted by Gasteiger charge is 2.05. The van der Waals surface area contributed by atoms with Crippen LogP contribution >= 0.6 is 11.6 Å². The summed E-state index contributed by atoms with van der Waals surface area (Å²) in [5.74, 6) is 0.484. The second-order valence-electron chi connectivity index (χ2n) is 5.34. The molecule has 0 heterocycles. The number of halogens is 2. The molecule has 0 radical (unpaired) electrons. The van der Waals surface area contributed by atoms with Gasteiger partial charge in [0.25, 0.3) is 0 Å². The Labute approximate surface area is 115 Å². The molecule has 18 heavy (non-hydrogen) atoms. The molecule has 1 atom stereocenters. The molecule has 0 aliphatic rings. The molecule has 1 aromatic rings. The van der Waals surface area contributed by atoms with Crippen molar-refractivity contribution >= 4 is 11.6 Å². The Morgan fingerprint density at radius 3 is 2.56 bits per heavy atom. The lowest BCUT2D eigenvalue weighted by molar-refractivity contribution is 0.457. The van der Waals surface area contributed by atoms with E-state index in [4.69, 9.17) is 11.6 Å². The first kappa shape index (κ1) is 15.5. The predicted octanol–water partition coefficient (Wildman–Crippen LogP) is 4.78. The van der Waals surface area contributed by atoms with Gasteiger partial charge >= 0.3 is 0 Å². The van der Waals surface area contributed by atoms with Gasteiger partial charge in [0.1, 0.15) is 5.82 Å². The maximum atomic E-state index is 12.9. The molecular weight excluding hydrogens is 249 g/mol. The molecular formula is C15H23ClFN. The van der Waals surface area contributed by atoms with Gasteiger partial charge < -0.3 is 5.32 Å². The van der Waals surface area contributed by atoms with E-state index in [9.17, 15) is 4.39 Å². The van der Waals surface area contributed by atoms with Gasteiger partial charge in [-0.1, -0.05) is 44.4 Å². The Balaban J connectivity index is 2.31. The zero-order valence-corrected chi connectivity index (χ0v) is 12.2. The molecule has 0 spiro atoms. The van der Waals surface area contributed by atoms with E-state index in [2.05, 4.69) is 26.1 Å². The predicted molar refractivity (Wildman–Crippen MR) is 76.4 cm³/mol. The summed E-state index contributed by atoms with van der Waals surface area (Å²) >= 11 is 5.98. The van der Waals surface area contributed by atoms with Crippen LogP contribution in [-0.2, 0) is 6.54 Å². The van der Waals surface area contributed by atoms with Crippen LogP contribution in [0, 0.1) is 11.7 Å². The van der Waals surface area contributed by atoms with Crippen LogP contribution in [0.5, 0.6) is 0 Å². The molecule has 1 rings (SSSR count). The molecule has 102 valence electrons. The highest BCUT2D eigenvalue weighted by atomic mass is 35.5. The summed E-state index contributed by atoms with van der Waals surface area (Å²) in [6, 6.07) is 5.02. The molecule has 0 fully saturated rings. The van der Waals surface area contributed by atoms with Gasteiger partial charge in [0.15, 0.2) is 0 Å². The average molecular weight is 272 g/mol. The molecule has 0 saturated heterocycles. The molecule has 0 aliphatic heterocycles. The van der Waals surface area contributed by atoms with Gasteiger partial charge in [0.2, 0.25) is 0 Å². The Morgan fingerprint density at radius 2 is 1.94 bits per heavy atom. The third-order valence-electron chi connectivity index (χ3n) is 3.07. The van der Waals surface area contributed by atoms with Crippen molar-refractivity contribution in [2.24, 2.45) is 5.92 Å². The van der Waals surface area contributed by atoms with E-state index >= 15 is 0 Å². The van der Waals surface area contributed by atoms with Gasteiger partial charge in [-0.25, -0.2) is 4.39 Å². The van der Waals surface area contributed by atoms with Gasteiger partial charge in [-0.3, -0.25) is 0 Å². The summed E-state index contributed by atoms with van der Waals surface area (Å²) in [5.41, 5.74) is 0.953. The Morgan fingerprint density at radius 1 is 1.22 bits per heavy atom. The molecule has 0 amide bonds. The molecule has 3 heteroatoms. The van der Waals surface area contributed by atoms with Gasteiger partial charge in [-0.2, -0.15) is 0 Å². The van der Waals surface area contributed by atoms with Crippen LogP contribution in [0.1, 0.15) is 45.6 Å². The highest BCUT2D eigenvalue weighted by molar-refractivity contribution is 6.31. The van der Waals surface area contributed by atoms with E-state index in [0.29, 0.717) is 17.6 Å². The lowest BCUT2D eigenvalue weighted by Crippen LogP contribution is -2.25. The summed E-state index contributed by atoms with van der Waals surface area (Å²) < 4.78 is 12.9. The van der Waals surface area contributed by atoms with E-state index in [1.165, 1.54) is 25.0 Å². The van der Waals surface area contributed by atoms with Crippen LogP contribution in [0.25, 0.3) is 0 Å². The van der Waals surface area contributed by atoms with Crippen LogP contribution in [0.4, 0.5) is 4.39 Å². The SMILES string of the molecule is CC(C)CCCC(C)NCc1ccc(F)cc1Cl. The first-order valence-corrected chi connectivity index (χ1v) is 7.04. The maximum Gasteiger partial charge on any atom is 0.124 e. The van der Waals surface area contributed by atoms with Crippen molar-refractivity contribution in [1.29, 1.82) is 0 Å². The second-order valence-corrected chi connectivity index (χ2v) is 5.75. The fraction of sp³-hybridized carbons (Fsp3) is 0.600. The molecule has 0 saturated carbocycles. The molecule has 0 aliphatic carbocycles. The summed E-state index contributed by atoms with van der Waals surface area (Å²) in [4.78, 5) is 0. The summed E-state index contributed by atoms with van der Waals surface area (Å²) in [5, 5.41) is 3.92. The minimum Gasteiger partial charge on any atom is -0.310 e. The van der Waals surface area contributed by atoms with Crippen molar-refractivity contribution in [1.82, 2.24) is 5.32 Å². The highest BCUT2D eigenvalue weighted by Crippen LogP contribution is 2.17. The molecule has 1 nitrogen and oxygen atoms in total. The number of hydrogen-bond donors (Lipinski definition) is 1. The minimum absolute atomic E-state index is 0.284. The largest absolute Gasteiger partial charge is 0.310 e. The summed E-state index contributed by atoms with van der Waals surface area (Å²) in [6.45, 7) is 7.37. The van der Waals surface area contributed by atoms with Crippen molar-refractivity contribution in [3.8, 4) is 0 Å². The van der Waals surface area contributed by atoms with Gasteiger partial charge in [0.05, 0.1) is 0 Å². The first-order valence-electron chi connectivity index (χ1n) is 6.66. The van der Waals surface area contributed by atoms with Crippen LogP contribution < -0.4 is 5.32 Å². The molecule has 0 bridgehead atoms. The monoisotopic (exact) mass is 271 g/mol. The maximum absolute atomic E-state index is 12.9. The van der Waals surface area contributed by atoms with Crippen molar-refractivity contribution < 1.29 is 4.39 Å². The lowest BCUT2D eigenvalue weighted by atomic mass is 10.0. The number of nitrogens with one attached hydrogen (secondary N) is 1. The summed E-state index contributed by atoms with van der Waals surface area (Å²) in [7, 11) is 0. The third kappa shape index (κ3) is 5.83. The molecule has 1 N–H and O–H groups in total. The summed E-state index contributed by atoms with van der Waals surface area (Å²) in [6.07, 6.45) is 3.67. The zero-order valence-electron chi connectivity index (χ0n) is 11.5. The van der Waals surface area contributed by atoms with Gasteiger partial charge in [0, 0.05) is 17.6 Å². The standard InChI is InChI=1S/C15H23ClFN/c1-11(2)5-4-6-12(3)18-10-13-7-8-14(17)9-15(13)16/h7-9,11-12,18H,4-6,10H2,1-3H3. The van der Waals surface area contributed by atoms with Crippen molar-refractivity contribution in [2.45, 2.75) is 52.6 Å². The van der Waals surface area contributed by atoms with E-state index in [1.54, 1.807) is 6.07 Å². The first-order chi connectivity index (χ1) is 8.49. The normalized spacial score (nSPS) is 13.0. The second kappa shape index (κ2) is 7.75. The average Bonchev–Trinajstić information content (AvgIpc) is 2.27. The Bertz CT molecular complexity index is 366. The topological polar surface area (TPSA) is 12.0 Å². The van der Waals surface area contributed by atoms with Gasteiger partial charge in [-0.15, -0.1) is 0 Å². The third-order valence-corrected chi connectivity index (χ3v) is 3.43. The number of hydrogen-bond acceptors (Lipinski definition) is 1. The quantitative estimate of drug-likeness (QED) is 0.752. The number of benzene rings is 1. The fourth-order valence-corrected chi connectivity index (χ4v) is 2.12. The lowest BCUT2D eigenvalue weighted by Gasteiger charge is -2.15. The Kier molecular flexibility index (Phi) is 6.66. The van der Waals surface area contributed by atoms with Crippen LogP contribution in [0.15, 0.2) is 18.2 Å². The van der Waals surface area contributed by atoms with E-state index in [0.717, 1.165) is 17.9 Å². The van der Waals surface area contributed by atoms with Gasteiger partial charge in [-0.05, 0) is 37.0 Å². The zero-order chi connectivity index (χ0) is 13.5. The molecule has 0 aromatic heterocycles.